The summed E-state index contributed by atoms with van der Waals surface area (Å²) in [6.45, 7) is 0.909. The van der Waals surface area contributed by atoms with Crippen LogP contribution in [-0.4, -0.2) is 36.7 Å². The second kappa shape index (κ2) is 10.1. The van der Waals surface area contributed by atoms with Crippen molar-refractivity contribution in [3.05, 3.63) is 89.4 Å². The van der Waals surface area contributed by atoms with Crippen LogP contribution in [-0.2, 0) is 21.4 Å². The molecule has 1 saturated heterocycles. The second-order valence-electron chi connectivity index (χ2n) is 8.53. The number of hydrogen-bond donors (Lipinski definition) is 0. The first kappa shape index (κ1) is 23.9. The predicted molar refractivity (Wildman–Crippen MR) is 140 cm³/mol. The van der Waals surface area contributed by atoms with Gasteiger partial charge in [0.15, 0.2) is 5.13 Å². The molecule has 6 nitrogen and oxygen atoms in total. The molecule has 5 rings (SSSR count). The average Bonchev–Trinajstić information content (AvgIpc) is 3.31. The third-order valence-corrected chi connectivity index (χ3v) is 9.29. The van der Waals surface area contributed by atoms with Crippen molar-refractivity contribution in [2.75, 3.05) is 18.0 Å². The van der Waals surface area contributed by atoms with Crippen LogP contribution in [0.15, 0.2) is 83.8 Å². The average molecular weight is 526 g/mol. The van der Waals surface area contributed by atoms with E-state index in [1.54, 1.807) is 41.3 Å². The largest absolute Gasteiger partial charge is 0.283 e. The molecule has 1 fully saturated rings. The summed E-state index contributed by atoms with van der Waals surface area (Å²) in [6, 6.07) is 23.6. The van der Waals surface area contributed by atoms with Gasteiger partial charge in [0, 0.05) is 18.1 Å². The van der Waals surface area contributed by atoms with Crippen LogP contribution in [0.25, 0.3) is 10.2 Å². The van der Waals surface area contributed by atoms with Crippen LogP contribution in [0, 0.1) is 5.92 Å². The summed E-state index contributed by atoms with van der Waals surface area (Å²) in [5.74, 6) is -0.575. The van der Waals surface area contributed by atoms with E-state index in [0.29, 0.717) is 36.1 Å². The van der Waals surface area contributed by atoms with Crippen molar-refractivity contribution in [3.63, 3.8) is 0 Å². The Bertz CT molecular complexity index is 1440. The first-order valence-electron chi connectivity index (χ1n) is 11.4. The maximum absolute atomic E-state index is 13.9. The van der Waals surface area contributed by atoms with Gasteiger partial charge in [0.2, 0.25) is 15.9 Å². The van der Waals surface area contributed by atoms with Gasteiger partial charge in [0.25, 0.3) is 0 Å². The van der Waals surface area contributed by atoms with Gasteiger partial charge in [-0.05, 0) is 48.7 Å². The van der Waals surface area contributed by atoms with Gasteiger partial charge in [0.1, 0.15) is 0 Å². The van der Waals surface area contributed by atoms with Crippen molar-refractivity contribution in [1.82, 2.24) is 9.29 Å². The minimum absolute atomic E-state index is 0.119. The molecule has 180 valence electrons. The van der Waals surface area contributed by atoms with Gasteiger partial charge in [0.05, 0.1) is 27.6 Å². The molecule has 1 atom stereocenters. The molecule has 4 aromatic rings. The van der Waals surface area contributed by atoms with Crippen LogP contribution in [0.5, 0.6) is 0 Å². The van der Waals surface area contributed by atoms with Gasteiger partial charge in [-0.2, -0.15) is 4.31 Å². The minimum Gasteiger partial charge on any atom is -0.283 e. The normalized spacial score (nSPS) is 16.9. The minimum atomic E-state index is -3.67. The lowest BCUT2D eigenvalue weighted by molar-refractivity contribution is -0.123. The Morgan fingerprint density at radius 1 is 1.06 bits per heavy atom. The quantitative estimate of drug-likeness (QED) is 0.329. The first-order chi connectivity index (χ1) is 16.9. The molecule has 1 unspecified atom stereocenters. The van der Waals surface area contributed by atoms with E-state index >= 15 is 0 Å². The maximum atomic E-state index is 13.9. The number of aromatic nitrogens is 1. The van der Waals surface area contributed by atoms with Crippen LogP contribution in [0.4, 0.5) is 5.13 Å². The highest BCUT2D eigenvalue weighted by atomic mass is 35.5. The number of thiazole rings is 1. The number of anilines is 1. The zero-order chi connectivity index (χ0) is 24.4. The smallest absolute Gasteiger partial charge is 0.243 e. The van der Waals surface area contributed by atoms with E-state index in [4.69, 9.17) is 16.6 Å². The number of fused-ring (bicyclic) bond motifs is 1. The van der Waals surface area contributed by atoms with Crippen molar-refractivity contribution in [2.24, 2.45) is 5.92 Å². The summed E-state index contributed by atoms with van der Waals surface area (Å²) >= 11 is 7.58. The molecule has 0 spiro atoms. The van der Waals surface area contributed by atoms with Crippen molar-refractivity contribution in [1.29, 1.82) is 0 Å². The monoisotopic (exact) mass is 525 g/mol. The topological polar surface area (TPSA) is 70.6 Å². The molecule has 1 aliphatic rings. The van der Waals surface area contributed by atoms with Crippen LogP contribution >= 0.6 is 22.9 Å². The zero-order valence-electron chi connectivity index (χ0n) is 18.9. The number of nitrogens with zero attached hydrogens (tertiary/aromatic N) is 3. The Morgan fingerprint density at radius 3 is 2.51 bits per heavy atom. The molecule has 0 radical (unpaired) electrons. The molecular formula is C26H24ClN3O3S2. The third-order valence-electron chi connectivity index (χ3n) is 6.13. The van der Waals surface area contributed by atoms with E-state index in [2.05, 4.69) is 0 Å². The highest BCUT2D eigenvalue weighted by molar-refractivity contribution is 7.89. The lowest BCUT2D eigenvalue weighted by Crippen LogP contribution is -2.46. The number of amides is 1. The van der Waals surface area contributed by atoms with Gasteiger partial charge in [-0.3, -0.25) is 9.69 Å². The molecule has 2 heterocycles. The lowest BCUT2D eigenvalue weighted by Gasteiger charge is -2.33. The highest BCUT2D eigenvalue weighted by Gasteiger charge is 2.36. The SMILES string of the molecule is O=C(C1CCCN(S(=O)(=O)c2ccccc2)C1)N(Cc1ccccc1)c1nc2ccc(Cl)cc2s1. The van der Waals surface area contributed by atoms with Crippen LogP contribution < -0.4 is 4.90 Å². The molecule has 0 aliphatic carbocycles. The Morgan fingerprint density at radius 2 is 1.77 bits per heavy atom. The Labute approximate surface area is 213 Å². The van der Waals surface area contributed by atoms with Gasteiger partial charge >= 0.3 is 0 Å². The van der Waals surface area contributed by atoms with Crippen LogP contribution in [0.2, 0.25) is 5.02 Å². The van der Waals surface area contributed by atoms with E-state index in [1.807, 2.05) is 42.5 Å². The van der Waals surface area contributed by atoms with E-state index in [1.165, 1.54) is 15.6 Å². The number of benzene rings is 3. The Kier molecular flexibility index (Phi) is 6.88. The fourth-order valence-electron chi connectivity index (χ4n) is 4.33. The van der Waals surface area contributed by atoms with Gasteiger partial charge < -0.3 is 0 Å². The van der Waals surface area contributed by atoms with Crippen LogP contribution in [0.3, 0.4) is 0 Å². The molecule has 35 heavy (non-hydrogen) atoms. The van der Waals surface area contributed by atoms with Crippen LogP contribution in [0.1, 0.15) is 18.4 Å². The first-order valence-corrected chi connectivity index (χ1v) is 14.0. The standard InChI is InChI=1S/C26H24ClN3O3S2/c27-21-13-14-23-24(16-21)34-26(28-23)30(17-19-8-3-1-4-9-19)25(31)20-10-7-15-29(18-20)35(32,33)22-11-5-2-6-12-22/h1-6,8-9,11-14,16,20H,7,10,15,17-18H2. The third kappa shape index (κ3) is 5.11. The summed E-state index contributed by atoms with van der Waals surface area (Å²) < 4.78 is 28.8. The van der Waals surface area contributed by atoms with Gasteiger partial charge in [-0.1, -0.05) is 71.5 Å². The summed E-state index contributed by atoms with van der Waals surface area (Å²) in [5.41, 5.74) is 1.75. The molecule has 9 heteroatoms. The summed E-state index contributed by atoms with van der Waals surface area (Å²) in [4.78, 5) is 20.6. The van der Waals surface area contributed by atoms with Gasteiger partial charge in [-0.25, -0.2) is 13.4 Å². The molecule has 1 aliphatic heterocycles. The number of carbonyl (C=O) groups excluding carboxylic acids is 1. The van der Waals surface area contributed by atoms with E-state index < -0.39 is 15.9 Å². The van der Waals surface area contributed by atoms with Crippen molar-refractivity contribution in [2.45, 2.75) is 24.3 Å². The number of halogens is 1. The molecular weight excluding hydrogens is 502 g/mol. The zero-order valence-corrected chi connectivity index (χ0v) is 21.3. The van der Waals surface area contributed by atoms with Crippen molar-refractivity contribution in [3.8, 4) is 0 Å². The Balaban J connectivity index is 1.45. The summed E-state index contributed by atoms with van der Waals surface area (Å²) in [5, 5.41) is 1.20. The number of sulfonamides is 1. The molecule has 1 aromatic heterocycles. The summed E-state index contributed by atoms with van der Waals surface area (Å²) in [7, 11) is -3.67. The fourth-order valence-corrected chi connectivity index (χ4v) is 7.12. The molecule has 3 aromatic carbocycles. The number of carbonyl (C=O) groups is 1. The summed E-state index contributed by atoms with van der Waals surface area (Å²) in [6.07, 6.45) is 1.25. The van der Waals surface area contributed by atoms with E-state index in [9.17, 15) is 13.2 Å². The van der Waals surface area contributed by atoms with E-state index in [0.717, 1.165) is 15.8 Å². The fraction of sp³-hybridized carbons (Fsp3) is 0.231. The lowest BCUT2D eigenvalue weighted by atomic mass is 9.98. The highest BCUT2D eigenvalue weighted by Crippen LogP contribution is 2.34. The number of rotatable bonds is 6. The number of hydrogen-bond acceptors (Lipinski definition) is 5. The number of piperidine rings is 1. The van der Waals surface area contributed by atoms with E-state index in [-0.39, 0.29) is 17.3 Å². The van der Waals surface area contributed by atoms with Gasteiger partial charge in [-0.15, -0.1) is 0 Å². The maximum Gasteiger partial charge on any atom is 0.243 e. The molecule has 0 N–H and O–H groups in total. The van der Waals surface area contributed by atoms with Crippen molar-refractivity contribution < 1.29 is 13.2 Å². The van der Waals surface area contributed by atoms with Crippen molar-refractivity contribution >= 4 is 54.2 Å². The molecule has 0 saturated carbocycles. The molecule has 1 amide bonds. The Hall–Kier alpha value is -2.78. The predicted octanol–water partition coefficient (Wildman–Crippen LogP) is 5.58. The molecule has 0 bridgehead atoms. The second-order valence-corrected chi connectivity index (χ2v) is 11.9.